The Kier molecular flexibility index (Phi) is 4.27. The van der Waals surface area contributed by atoms with E-state index in [4.69, 9.17) is 4.42 Å². The lowest BCUT2D eigenvalue weighted by Gasteiger charge is -2.43. The van der Waals surface area contributed by atoms with Crippen molar-refractivity contribution in [2.24, 2.45) is 0 Å². The van der Waals surface area contributed by atoms with Crippen LogP contribution in [0.3, 0.4) is 0 Å². The van der Waals surface area contributed by atoms with Crippen LogP contribution in [0.25, 0.3) is 11.1 Å². The molecule has 1 aliphatic heterocycles. The molecule has 4 heteroatoms. The summed E-state index contributed by atoms with van der Waals surface area (Å²) in [5.41, 5.74) is 3.13. The minimum absolute atomic E-state index is 0.403. The van der Waals surface area contributed by atoms with Gasteiger partial charge in [0.15, 0.2) is 12.0 Å². The Hall–Kier alpha value is -1.39. The molecule has 1 N–H and O–H groups in total. The normalized spacial score (nSPS) is 25.3. The van der Waals surface area contributed by atoms with Crippen LogP contribution in [0.2, 0.25) is 0 Å². The first-order chi connectivity index (χ1) is 10.2. The highest BCUT2D eigenvalue weighted by Crippen LogP contribution is 2.28. The first kappa shape index (κ1) is 14.5. The van der Waals surface area contributed by atoms with Gasteiger partial charge in [-0.05, 0) is 37.5 Å². The molecule has 0 aliphatic carbocycles. The van der Waals surface area contributed by atoms with E-state index in [1.807, 2.05) is 0 Å². The fourth-order valence-electron chi connectivity index (χ4n) is 3.34. The number of aromatic nitrogens is 1. The number of fused-ring (bicyclic) bond motifs is 1. The molecule has 1 unspecified atom stereocenters. The van der Waals surface area contributed by atoms with Crippen molar-refractivity contribution < 1.29 is 4.42 Å². The molecule has 0 radical (unpaired) electrons. The van der Waals surface area contributed by atoms with E-state index in [1.54, 1.807) is 0 Å². The van der Waals surface area contributed by atoms with Crippen LogP contribution in [0, 0.1) is 0 Å². The SMILES string of the molecule is CC[C@H]1CN(C(C)c2ccc3ncoc3c2)[C@H](CC)CN1. The van der Waals surface area contributed by atoms with Gasteiger partial charge in [0.25, 0.3) is 0 Å². The van der Waals surface area contributed by atoms with Gasteiger partial charge in [-0.15, -0.1) is 0 Å². The number of hydrogen-bond acceptors (Lipinski definition) is 4. The molecule has 4 nitrogen and oxygen atoms in total. The molecule has 21 heavy (non-hydrogen) atoms. The highest BCUT2D eigenvalue weighted by molar-refractivity contribution is 5.72. The average Bonchev–Trinajstić information content (AvgIpc) is 3.01. The molecular formula is C17H25N3O. The second-order valence-corrected chi connectivity index (χ2v) is 6.03. The predicted molar refractivity (Wildman–Crippen MR) is 85.3 cm³/mol. The number of hydrogen-bond donors (Lipinski definition) is 1. The van der Waals surface area contributed by atoms with Gasteiger partial charge in [0.2, 0.25) is 0 Å². The Morgan fingerprint density at radius 1 is 1.38 bits per heavy atom. The summed E-state index contributed by atoms with van der Waals surface area (Å²) >= 11 is 0. The summed E-state index contributed by atoms with van der Waals surface area (Å²) in [7, 11) is 0. The Morgan fingerprint density at radius 2 is 2.24 bits per heavy atom. The van der Waals surface area contributed by atoms with Gasteiger partial charge >= 0.3 is 0 Å². The molecule has 3 rings (SSSR count). The van der Waals surface area contributed by atoms with E-state index in [0.29, 0.717) is 18.1 Å². The summed E-state index contributed by atoms with van der Waals surface area (Å²) in [6, 6.07) is 8.00. The van der Waals surface area contributed by atoms with Gasteiger partial charge in [-0.25, -0.2) is 4.98 Å². The Balaban J connectivity index is 1.85. The van der Waals surface area contributed by atoms with E-state index in [9.17, 15) is 0 Å². The minimum atomic E-state index is 0.403. The third-order valence-electron chi connectivity index (χ3n) is 4.84. The molecule has 0 bridgehead atoms. The van der Waals surface area contributed by atoms with Crippen LogP contribution in [0.15, 0.2) is 29.0 Å². The molecule has 0 spiro atoms. The van der Waals surface area contributed by atoms with Crippen LogP contribution >= 0.6 is 0 Å². The molecule has 2 aromatic rings. The summed E-state index contributed by atoms with van der Waals surface area (Å²) in [5, 5.41) is 3.66. The van der Waals surface area contributed by atoms with E-state index in [0.717, 1.165) is 24.2 Å². The molecular weight excluding hydrogens is 262 g/mol. The van der Waals surface area contributed by atoms with Crippen molar-refractivity contribution in [1.29, 1.82) is 0 Å². The second kappa shape index (κ2) is 6.16. The summed E-state index contributed by atoms with van der Waals surface area (Å²) in [6.45, 7) is 9.04. The average molecular weight is 287 g/mol. The Labute approximate surface area is 126 Å². The zero-order valence-electron chi connectivity index (χ0n) is 13.2. The van der Waals surface area contributed by atoms with Gasteiger partial charge in [-0.3, -0.25) is 4.90 Å². The Bertz CT molecular complexity index is 594. The van der Waals surface area contributed by atoms with Crippen molar-refractivity contribution in [2.45, 2.75) is 51.7 Å². The predicted octanol–water partition coefficient (Wildman–Crippen LogP) is 3.35. The van der Waals surface area contributed by atoms with Crippen molar-refractivity contribution >= 4 is 11.1 Å². The fourth-order valence-corrected chi connectivity index (χ4v) is 3.34. The smallest absolute Gasteiger partial charge is 0.181 e. The molecule has 114 valence electrons. The summed E-state index contributed by atoms with van der Waals surface area (Å²) in [5.74, 6) is 0. The third-order valence-corrected chi connectivity index (χ3v) is 4.84. The van der Waals surface area contributed by atoms with Gasteiger partial charge in [-0.2, -0.15) is 0 Å². The zero-order valence-corrected chi connectivity index (χ0v) is 13.2. The van der Waals surface area contributed by atoms with Crippen LogP contribution in [0.4, 0.5) is 0 Å². The number of nitrogens with zero attached hydrogens (tertiary/aromatic N) is 2. The fraction of sp³-hybridized carbons (Fsp3) is 0.588. The molecule has 0 amide bonds. The molecule has 1 fully saturated rings. The summed E-state index contributed by atoms with van der Waals surface area (Å²) in [4.78, 5) is 6.84. The van der Waals surface area contributed by atoms with Crippen molar-refractivity contribution in [2.75, 3.05) is 13.1 Å². The molecule has 2 heterocycles. The maximum absolute atomic E-state index is 5.45. The number of benzene rings is 1. The molecule has 1 aliphatic rings. The standard InChI is InChI=1S/C17H25N3O/c1-4-14-10-20(15(5-2)9-18-14)12(3)13-6-7-16-17(8-13)21-11-19-16/h6-8,11-12,14-15,18H,4-5,9-10H2,1-3H3/t12?,14-,15+/m0/s1. The van der Waals surface area contributed by atoms with Crippen molar-refractivity contribution in [3.8, 4) is 0 Å². The molecule has 1 aromatic heterocycles. The topological polar surface area (TPSA) is 41.3 Å². The van der Waals surface area contributed by atoms with Crippen molar-refractivity contribution in [1.82, 2.24) is 15.2 Å². The monoisotopic (exact) mass is 287 g/mol. The second-order valence-electron chi connectivity index (χ2n) is 6.03. The van der Waals surface area contributed by atoms with Crippen LogP contribution in [0.5, 0.6) is 0 Å². The van der Waals surface area contributed by atoms with Gasteiger partial charge in [-0.1, -0.05) is 19.9 Å². The Morgan fingerprint density at radius 3 is 3.00 bits per heavy atom. The lowest BCUT2D eigenvalue weighted by atomic mass is 9.99. The summed E-state index contributed by atoms with van der Waals surface area (Å²) < 4.78 is 5.45. The maximum Gasteiger partial charge on any atom is 0.181 e. The van der Waals surface area contributed by atoms with Gasteiger partial charge < -0.3 is 9.73 Å². The number of rotatable bonds is 4. The van der Waals surface area contributed by atoms with E-state index in [1.165, 1.54) is 24.8 Å². The summed E-state index contributed by atoms with van der Waals surface area (Å²) in [6.07, 6.45) is 3.88. The van der Waals surface area contributed by atoms with E-state index < -0.39 is 0 Å². The van der Waals surface area contributed by atoms with E-state index >= 15 is 0 Å². The number of oxazole rings is 1. The molecule has 0 saturated carbocycles. The van der Waals surface area contributed by atoms with E-state index in [2.05, 4.69) is 54.2 Å². The van der Waals surface area contributed by atoms with Crippen LogP contribution in [0.1, 0.15) is 45.2 Å². The lowest BCUT2D eigenvalue weighted by molar-refractivity contribution is 0.0850. The molecule has 3 atom stereocenters. The van der Waals surface area contributed by atoms with E-state index in [-0.39, 0.29) is 0 Å². The molecule has 1 aromatic carbocycles. The lowest BCUT2D eigenvalue weighted by Crippen LogP contribution is -2.56. The highest BCUT2D eigenvalue weighted by atomic mass is 16.3. The van der Waals surface area contributed by atoms with Crippen molar-refractivity contribution in [3.05, 3.63) is 30.2 Å². The largest absolute Gasteiger partial charge is 0.443 e. The number of nitrogens with one attached hydrogen (secondary N) is 1. The first-order valence-electron chi connectivity index (χ1n) is 8.05. The van der Waals surface area contributed by atoms with Gasteiger partial charge in [0.1, 0.15) is 5.52 Å². The first-order valence-corrected chi connectivity index (χ1v) is 8.05. The van der Waals surface area contributed by atoms with Crippen LogP contribution in [-0.2, 0) is 0 Å². The molecule has 1 saturated heterocycles. The third kappa shape index (κ3) is 2.83. The highest BCUT2D eigenvalue weighted by Gasteiger charge is 2.30. The van der Waals surface area contributed by atoms with Crippen molar-refractivity contribution in [3.63, 3.8) is 0 Å². The number of piperazine rings is 1. The van der Waals surface area contributed by atoms with Crippen LogP contribution in [-0.4, -0.2) is 35.1 Å². The van der Waals surface area contributed by atoms with Gasteiger partial charge in [0.05, 0.1) is 0 Å². The zero-order chi connectivity index (χ0) is 14.8. The van der Waals surface area contributed by atoms with Crippen LogP contribution < -0.4 is 5.32 Å². The quantitative estimate of drug-likeness (QED) is 0.936. The van der Waals surface area contributed by atoms with Gasteiger partial charge in [0, 0.05) is 31.2 Å². The maximum atomic E-state index is 5.45. The minimum Gasteiger partial charge on any atom is -0.443 e.